The Labute approximate surface area is 168 Å². The van der Waals surface area contributed by atoms with E-state index in [9.17, 15) is 4.79 Å². The Bertz CT molecular complexity index is 1000. The van der Waals surface area contributed by atoms with Gasteiger partial charge in [-0.1, -0.05) is 0 Å². The van der Waals surface area contributed by atoms with E-state index in [1.165, 1.54) is 6.92 Å². The first kappa shape index (κ1) is 20.2. The summed E-state index contributed by atoms with van der Waals surface area (Å²) in [5, 5.41) is 10.4. The maximum Gasteiger partial charge on any atom is 0.318 e. The number of anilines is 3. The van der Waals surface area contributed by atoms with Gasteiger partial charge in [-0.05, 0) is 13.0 Å². The van der Waals surface area contributed by atoms with Crippen LogP contribution in [0.1, 0.15) is 12.6 Å². The van der Waals surface area contributed by atoms with Crippen LogP contribution in [0.4, 0.5) is 17.3 Å². The van der Waals surface area contributed by atoms with Crippen LogP contribution in [0, 0.1) is 6.92 Å². The molecule has 1 amide bonds. The highest BCUT2D eigenvalue weighted by atomic mass is 16.5. The molecule has 0 atom stereocenters. The highest BCUT2D eigenvalue weighted by Crippen LogP contribution is 2.30. The van der Waals surface area contributed by atoms with Gasteiger partial charge in [-0.3, -0.25) is 9.48 Å². The summed E-state index contributed by atoms with van der Waals surface area (Å²) in [7, 11) is 3.44. The fourth-order valence-corrected chi connectivity index (χ4v) is 2.59. The van der Waals surface area contributed by atoms with E-state index in [4.69, 9.17) is 9.47 Å². The number of nitrogens with zero attached hydrogens (tertiary/aromatic N) is 5. The average molecular weight is 397 g/mol. The molecule has 0 aliphatic heterocycles. The van der Waals surface area contributed by atoms with Gasteiger partial charge < -0.3 is 20.1 Å². The van der Waals surface area contributed by atoms with Crippen LogP contribution in [0.15, 0.2) is 30.6 Å². The molecule has 152 valence electrons. The molecule has 0 spiro atoms. The summed E-state index contributed by atoms with van der Waals surface area (Å²) >= 11 is 0. The molecular formula is C19H23N7O3. The second kappa shape index (κ2) is 9.11. The maximum absolute atomic E-state index is 11.4. The van der Waals surface area contributed by atoms with Crippen LogP contribution in [0.25, 0.3) is 11.3 Å². The van der Waals surface area contributed by atoms with Crippen molar-refractivity contribution in [3.05, 3.63) is 36.3 Å². The Kier molecular flexibility index (Phi) is 6.35. The number of nitrogens with one attached hydrogen (secondary N) is 2. The molecule has 3 rings (SSSR count). The summed E-state index contributed by atoms with van der Waals surface area (Å²) in [5.74, 6) is 0.754. The minimum Gasteiger partial charge on any atom is -0.461 e. The van der Waals surface area contributed by atoms with Crippen molar-refractivity contribution in [3.8, 4) is 17.3 Å². The summed E-state index contributed by atoms with van der Waals surface area (Å²) in [5.41, 5.74) is 2.92. The summed E-state index contributed by atoms with van der Waals surface area (Å²) < 4.78 is 12.2. The molecule has 0 aromatic carbocycles. The third-order valence-electron chi connectivity index (χ3n) is 3.81. The second-order valence-electron chi connectivity index (χ2n) is 6.31. The molecule has 0 saturated heterocycles. The van der Waals surface area contributed by atoms with Gasteiger partial charge in [0.2, 0.25) is 5.91 Å². The van der Waals surface area contributed by atoms with Crippen molar-refractivity contribution in [2.24, 2.45) is 7.05 Å². The van der Waals surface area contributed by atoms with Crippen molar-refractivity contribution in [1.82, 2.24) is 24.7 Å². The lowest BCUT2D eigenvalue weighted by Crippen LogP contribution is -2.09. The zero-order valence-electron chi connectivity index (χ0n) is 16.8. The Morgan fingerprint density at radius 3 is 2.72 bits per heavy atom. The largest absolute Gasteiger partial charge is 0.461 e. The van der Waals surface area contributed by atoms with E-state index < -0.39 is 0 Å². The number of hydrogen-bond acceptors (Lipinski definition) is 8. The zero-order valence-corrected chi connectivity index (χ0v) is 16.8. The summed E-state index contributed by atoms with van der Waals surface area (Å²) in [6.45, 7) is 4.07. The standard InChI is InChI=1S/C19H23N7O3/c1-12-9-18(24-19(21-12)29-8-7-28-4)23-16-10-17(22-13(2)27)20-11-14(16)15-5-6-26(3)25-15/h5-6,9-11H,7-8H2,1-4H3,(H2,20,21,22,23,24,27). The van der Waals surface area contributed by atoms with Crippen LogP contribution in [0.5, 0.6) is 6.01 Å². The van der Waals surface area contributed by atoms with Crippen molar-refractivity contribution >= 4 is 23.2 Å². The molecule has 3 aromatic rings. The third-order valence-corrected chi connectivity index (χ3v) is 3.81. The van der Waals surface area contributed by atoms with Gasteiger partial charge in [-0.2, -0.15) is 10.1 Å². The molecule has 10 nitrogen and oxygen atoms in total. The van der Waals surface area contributed by atoms with Gasteiger partial charge in [0, 0.05) is 56.9 Å². The highest BCUT2D eigenvalue weighted by molar-refractivity contribution is 5.89. The topological polar surface area (TPSA) is 116 Å². The quantitative estimate of drug-likeness (QED) is 0.556. The number of rotatable bonds is 8. The first-order valence-electron chi connectivity index (χ1n) is 8.96. The first-order valence-corrected chi connectivity index (χ1v) is 8.96. The normalized spacial score (nSPS) is 10.6. The van der Waals surface area contributed by atoms with Gasteiger partial charge in [-0.25, -0.2) is 9.97 Å². The van der Waals surface area contributed by atoms with E-state index in [1.807, 2.05) is 26.2 Å². The first-order chi connectivity index (χ1) is 13.9. The molecule has 29 heavy (non-hydrogen) atoms. The third kappa shape index (κ3) is 5.48. The number of pyridine rings is 1. The Balaban J connectivity index is 1.94. The minimum atomic E-state index is -0.208. The Hall–Kier alpha value is -3.53. The van der Waals surface area contributed by atoms with E-state index in [2.05, 4.69) is 30.7 Å². The number of carbonyl (C=O) groups excluding carboxylic acids is 1. The number of methoxy groups -OCH3 is 1. The molecular weight excluding hydrogens is 374 g/mol. The van der Waals surface area contributed by atoms with Gasteiger partial charge in [0.25, 0.3) is 0 Å². The van der Waals surface area contributed by atoms with E-state index in [-0.39, 0.29) is 11.9 Å². The lowest BCUT2D eigenvalue weighted by molar-refractivity contribution is -0.114. The number of hydrogen-bond donors (Lipinski definition) is 2. The second-order valence-corrected chi connectivity index (χ2v) is 6.31. The molecule has 0 unspecified atom stereocenters. The van der Waals surface area contributed by atoms with Gasteiger partial charge in [-0.15, -0.1) is 0 Å². The molecule has 10 heteroatoms. The minimum absolute atomic E-state index is 0.208. The Morgan fingerprint density at radius 1 is 1.21 bits per heavy atom. The maximum atomic E-state index is 11.4. The fourth-order valence-electron chi connectivity index (χ4n) is 2.59. The number of amides is 1. The van der Waals surface area contributed by atoms with Crippen LogP contribution in [-0.2, 0) is 16.6 Å². The molecule has 0 saturated carbocycles. The van der Waals surface area contributed by atoms with E-state index in [1.54, 1.807) is 30.1 Å². The summed E-state index contributed by atoms with van der Waals surface area (Å²) in [4.78, 5) is 24.4. The van der Waals surface area contributed by atoms with Crippen LogP contribution < -0.4 is 15.4 Å². The monoisotopic (exact) mass is 397 g/mol. The van der Waals surface area contributed by atoms with E-state index >= 15 is 0 Å². The Morgan fingerprint density at radius 2 is 2.03 bits per heavy atom. The summed E-state index contributed by atoms with van der Waals surface area (Å²) in [6.07, 6.45) is 3.50. The van der Waals surface area contributed by atoms with Crippen molar-refractivity contribution in [1.29, 1.82) is 0 Å². The SMILES string of the molecule is COCCOc1nc(C)cc(Nc2cc(NC(C)=O)ncc2-c2ccn(C)n2)n1. The number of aryl methyl sites for hydroxylation is 2. The zero-order chi connectivity index (χ0) is 20.8. The molecule has 2 N–H and O–H groups in total. The highest BCUT2D eigenvalue weighted by Gasteiger charge is 2.13. The molecule has 0 bridgehead atoms. The van der Waals surface area contributed by atoms with Crippen LogP contribution >= 0.6 is 0 Å². The predicted octanol–water partition coefficient (Wildman–Crippen LogP) is 2.31. The molecule has 0 aliphatic rings. The molecule has 3 heterocycles. The molecule has 0 aliphatic carbocycles. The number of aromatic nitrogens is 5. The van der Waals surface area contributed by atoms with Crippen molar-refractivity contribution in [3.63, 3.8) is 0 Å². The van der Waals surface area contributed by atoms with Gasteiger partial charge in [0.1, 0.15) is 18.2 Å². The molecule has 0 fully saturated rings. The lowest BCUT2D eigenvalue weighted by atomic mass is 10.1. The van der Waals surface area contributed by atoms with E-state index in [0.29, 0.717) is 30.5 Å². The average Bonchev–Trinajstić information content (AvgIpc) is 3.07. The van der Waals surface area contributed by atoms with Crippen molar-refractivity contribution < 1.29 is 14.3 Å². The van der Waals surface area contributed by atoms with Gasteiger partial charge in [0.15, 0.2) is 0 Å². The molecule has 3 aromatic heterocycles. The van der Waals surface area contributed by atoms with Crippen molar-refractivity contribution in [2.75, 3.05) is 31.0 Å². The van der Waals surface area contributed by atoms with Crippen LogP contribution in [0.2, 0.25) is 0 Å². The number of ether oxygens (including phenoxy) is 2. The van der Waals surface area contributed by atoms with E-state index in [0.717, 1.165) is 17.0 Å². The number of carbonyl (C=O) groups is 1. The van der Waals surface area contributed by atoms with Crippen LogP contribution in [0.3, 0.4) is 0 Å². The van der Waals surface area contributed by atoms with Gasteiger partial charge >= 0.3 is 6.01 Å². The smallest absolute Gasteiger partial charge is 0.318 e. The van der Waals surface area contributed by atoms with Crippen molar-refractivity contribution in [2.45, 2.75) is 13.8 Å². The summed E-state index contributed by atoms with van der Waals surface area (Å²) in [6, 6.07) is 5.66. The molecule has 0 radical (unpaired) electrons. The lowest BCUT2D eigenvalue weighted by Gasteiger charge is -2.13. The fraction of sp³-hybridized carbons (Fsp3) is 0.316. The van der Waals surface area contributed by atoms with Gasteiger partial charge in [0.05, 0.1) is 18.0 Å². The predicted molar refractivity (Wildman–Crippen MR) is 108 cm³/mol. The van der Waals surface area contributed by atoms with Crippen LogP contribution in [-0.4, -0.2) is 51.0 Å².